The Morgan fingerprint density at radius 1 is 1.25 bits per heavy atom. The molecule has 4 rings (SSSR count). The van der Waals surface area contributed by atoms with E-state index >= 15 is 0 Å². The number of pyridine rings is 1. The van der Waals surface area contributed by atoms with Gasteiger partial charge in [-0.05, 0) is 26.0 Å². The first-order chi connectivity index (χ1) is 15.4. The van der Waals surface area contributed by atoms with E-state index in [0.717, 1.165) is 19.6 Å². The maximum Gasteiger partial charge on any atom is 0.259 e. The fraction of sp³-hybridized carbons (Fsp3) is 0.455. The van der Waals surface area contributed by atoms with Gasteiger partial charge in [0.25, 0.3) is 11.5 Å². The predicted molar refractivity (Wildman–Crippen MR) is 120 cm³/mol. The third-order valence-electron chi connectivity index (χ3n) is 5.78. The third kappa shape index (κ3) is 4.46. The van der Waals surface area contributed by atoms with Crippen LogP contribution in [-0.2, 0) is 26.1 Å². The molecule has 1 aliphatic rings. The van der Waals surface area contributed by atoms with Gasteiger partial charge < -0.3 is 14.2 Å². The summed E-state index contributed by atoms with van der Waals surface area (Å²) in [7, 11) is 3.18. The Bertz CT molecular complexity index is 1180. The van der Waals surface area contributed by atoms with Crippen LogP contribution in [0.1, 0.15) is 37.2 Å². The average Bonchev–Trinajstić information content (AvgIpc) is 3.30. The second kappa shape index (κ2) is 9.25. The van der Waals surface area contributed by atoms with Crippen LogP contribution in [0.25, 0.3) is 0 Å². The highest BCUT2D eigenvalue weighted by Gasteiger charge is 2.28. The topological polar surface area (TPSA) is 93.7 Å². The molecule has 10 heteroatoms. The van der Waals surface area contributed by atoms with Crippen molar-refractivity contribution in [1.29, 1.82) is 0 Å². The highest BCUT2D eigenvalue weighted by Crippen LogP contribution is 2.26. The number of aryl methyl sites for hydroxylation is 2. The molecule has 0 saturated carbocycles. The molecule has 1 amide bonds. The van der Waals surface area contributed by atoms with Gasteiger partial charge in [-0.25, -0.2) is 4.63 Å². The highest BCUT2D eigenvalue weighted by atomic mass is 32.1. The zero-order chi connectivity index (χ0) is 22.8. The number of carbonyl (C=O) groups excluding carboxylic acids is 1. The van der Waals surface area contributed by atoms with Gasteiger partial charge in [0.1, 0.15) is 22.7 Å². The lowest BCUT2D eigenvalue weighted by Crippen LogP contribution is -2.32. The van der Waals surface area contributed by atoms with E-state index in [-0.39, 0.29) is 18.0 Å². The fourth-order valence-electron chi connectivity index (χ4n) is 4.01. The van der Waals surface area contributed by atoms with Crippen LogP contribution in [0.3, 0.4) is 0 Å². The van der Waals surface area contributed by atoms with Crippen LogP contribution in [0, 0.1) is 13.8 Å². The number of methoxy groups -OCH3 is 1. The van der Waals surface area contributed by atoms with Crippen LogP contribution in [-0.4, -0.2) is 57.8 Å². The van der Waals surface area contributed by atoms with Gasteiger partial charge in [0, 0.05) is 61.2 Å². The van der Waals surface area contributed by atoms with Crippen LogP contribution in [0.4, 0.5) is 0 Å². The molecule has 3 aromatic rings. The molecule has 9 nitrogen and oxygen atoms in total. The van der Waals surface area contributed by atoms with Crippen molar-refractivity contribution in [1.82, 2.24) is 24.7 Å². The first-order valence-electron chi connectivity index (χ1n) is 10.5. The zero-order valence-corrected chi connectivity index (χ0v) is 19.6. The van der Waals surface area contributed by atoms with E-state index < -0.39 is 0 Å². The Morgan fingerprint density at radius 3 is 2.72 bits per heavy atom. The van der Waals surface area contributed by atoms with Gasteiger partial charge in [0.15, 0.2) is 0 Å². The molecule has 3 aromatic heterocycles. The summed E-state index contributed by atoms with van der Waals surface area (Å²) in [6, 6.07) is 5.68. The van der Waals surface area contributed by atoms with Crippen molar-refractivity contribution in [2.45, 2.75) is 39.9 Å². The molecule has 1 aliphatic heterocycles. The largest absolute Gasteiger partial charge is 0.496 e. The molecular weight excluding hydrogens is 430 g/mol. The van der Waals surface area contributed by atoms with Crippen molar-refractivity contribution in [3.05, 3.63) is 61.0 Å². The quantitative estimate of drug-likeness (QED) is 0.560. The van der Waals surface area contributed by atoms with Crippen molar-refractivity contribution < 1.29 is 14.2 Å². The molecule has 0 aromatic carbocycles. The minimum absolute atomic E-state index is 0.151. The first-order valence-corrected chi connectivity index (χ1v) is 11.3. The van der Waals surface area contributed by atoms with Gasteiger partial charge in [-0.3, -0.25) is 14.5 Å². The summed E-state index contributed by atoms with van der Waals surface area (Å²) in [6.45, 7) is 6.98. The Morgan fingerprint density at radius 2 is 2.06 bits per heavy atom. The summed E-state index contributed by atoms with van der Waals surface area (Å²) in [6.07, 6.45) is 0.580. The maximum atomic E-state index is 13.5. The standard InChI is InChI=1S/C22H27N5O4S/c1-14-5-6-16(32-14)12-26-8-7-18-21(19(30-4)11-20(28)27(18)10-9-26)22(29)25(3)13-17-15(2)23-31-24-17/h5-6,11H,7-10,12-13H2,1-4H3. The van der Waals surface area contributed by atoms with Crippen LogP contribution in [0.2, 0.25) is 0 Å². The fourth-order valence-corrected chi connectivity index (χ4v) is 4.95. The van der Waals surface area contributed by atoms with Crippen molar-refractivity contribution >= 4 is 17.2 Å². The van der Waals surface area contributed by atoms with Crippen molar-refractivity contribution in [3.8, 4) is 5.75 Å². The summed E-state index contributed by atoms with van der Waals surface area (Å²) < 4.78 is 11.9. The molecule has 0 atom stereocenters. The van der Waals surface area contributed by atoms with E-state index in [9.17, 15) is 9.59 Å². The lowest BCUT2D eigenvalue weighted by Gasteiger charge is -2.21. The molecule has 32 heavy (non-hydrogen) atoms. The number of ether oxygens (including phenoxy) is 1. The van der Waals surface area contributed by atoms with Gasteiger partial charge in [0.2, 0.25) is 0 Å². The van der Waals surface area contributed by atoms with E-state index in [1.807, 2.05) is 0 Å². The summed E-state index contributed by atoms with van der Waals surface area (Å²) in [4.78, 5) is 32.8. The van der Waals surface area contributed by atoms with Crippen LogP contribution >= 0.6 is 11.3 Å². The van der Waals surface area contributed by atoms with Gasteiger partial charge in [-0.2, -0.15) is 0 Å². The van der Waals surface area contributed by atoms with E-state index in [0.29, 0.717) is 41.4 Å². The second-order valence-corrected chi connectivity index (χ2v) is 9.39. The number of amides is 1. The molecule has 0 N–H and O–H groups in total. The number of carbonyl (C=O) groups is 1. The smallest absolute Gasteiger partial charge is 0.259 e. The normalized spacial score (nSPS) is 14.1. The first kappa shape index (κ1) is 22.2. The SMILES string of the molecule is COc1cc(=O)n2c(c1C(=O)N(C)Cc1nonc1C)CCN(Cc1ccc(C)s1)CC2. The molecule has 0 saturated heterocycles. The Kier molecular flexibility index (Phi) is 6.43. The second-order valence-electron chi connectivity index (χ2n) is 8.02. The van der Waals surface area contributed by atoms with Crippen LogP contribution in [0.15, 0.2) is 27.6 Å². The molecule has 4 heterocycles. The Balaban J connectivity index is 1.62. The molecule has 0 fully saturated rings. The molecule has 0 unspecified atom stereocenters. The lowest BCUT2D eigenvalue weighted by molar-refractivity contribution is 0.0776. The van der Waals surface area contributed by atoms with Gasteiger partial charge in [-0.1, -0.05) is 10.3 Å². The Labute approximate surface area is 190 Å². The third-order valence-corrected chi connectivity index (χ3v) is 6.76. The number of hydrogen-bond acceptors (Lipinski definition) is 8. The van der Waals surface area contributed by atoms with E-state index in [1.165, 1.54) is 22.9 Å². The van der Waals surface area contributed by atoms with E-state index in [4.69, 9.17) is 9.37 Å². The van der Waals surface area contributed by atoms with Crippen molar-refractivity contribution in [2.24, 2.45) is 0 Å². The molecule has 0 bridgehead atoms. The highest BCUT2D eigenvalue weighted by molar-refractivity contribution is 7.11. The number of fused-ring (bicyclic) bond motifs is 1. The van der Waals surface area contributed by atoms with Crippen LogP contribution in [0.5, 0.6) is 5.75 Å². The van der Waals surface area contributed by atoms with Crippen LogP contribution < -0.4 is 10.3 Å². The average molecular weight is 458 g/mol. The van der Waals surface area contributed by atoms with E-state index in [2.05, 4.69) is 34.3 Å². The minimum Gasteiger partial charge on any atom is -0.496 e. The summed E-state index contributed by atoms with van der Waals surface area (Å²) >= 11 is 1.79. The van der Waals surface area contributed by atoms with Gasteiger partial charge >= 0.3 is 0 Å². The molecular formula is C22H27N5O4S. The number of rotatable bonds is 6. The van der Waals surface area contributed by atoms with Gasteiger partial charge in [-0.15, -0.1) is 11.3 Å². The van der Waals surface area contributed by atoms with E-state index in [1.54, 1.807) is 34.8 Å². The monoisotopic (exact) mass is 457 g/mol. The number of aromatic nitrogens is 3. The van der Waals surface area contributed by atoms with Crippen molar-refractivity contribution in [2.75, 3.05) is 27.2 Å². The number of nitrogens with zero attached hydrogens (tertiary/aromatic N) is 5. The molecule has 0 radical (unpaired) electrons. The predicted octanol–water partition coefficient (Wildman–Crippen LogP) is 2.25. The molecule has 170 valence electrons. The number of hydrogen-bond donors (Lipinski definition) is 0. The summed E-state index contributed by atoms with van der Waals surface area (Å²) in [5, 5.41) is 7.65. The summed E-state index contributed by atoms with van der Waals surface area (Å²) in [5.41, 5.74) is 2.22. The maximum absolute atomic E-state index is 13.5. The minimum atomic E-state index is -0.227. The number of thiophene rings is 1. The van der Waals surface area contributed by atoms with Crippen molar-refractivity contribution in [3.63, 3.8) is 0 Å². The Hall–Kier alpha value is -2.98. The molecule has 0 spiro atoms. The van der Waals surface area contributed by atoms with Gasteiger partial charge in [0.05, 0.1) is 13.7 Å². The zero-order valence-electron chi connectivity index (χ0n) is 18.8. The molecule has 0 aliphatic carbocycles. The lowest BCUT2D eigenvalue weighted by atomic mass is 10.1. The summed E-state index contributed by atoms with van der Waals surface area (Å²) in [5.74, 6) is 0.0748.